The number of carbonyl (C=O) groups excluding carboxylic acids is 1. The molecule has 0 atom stereocenters. The molecule has 0 saturated carbocycles. The van der Waals surface area contributed by atoms with Crippen molar-refractivity contribution in [1.29, 1.82) is 0 Å². The zero-order valence-electron chi connectivity index (χ0n) is 14.1. The number of hydrogen-bond acceptors (Lipinski definition) is 2. The van der Waals surface area contributed by atoms with Gasteiger partial charge in [-0.15, -0.1) is 0 Å². The van der Waals surface area contributed by atoms with Gasteiger partial charge in [-0.1, -0.05) is 0 Å². The van der Waals surface area contributed by atoms with Gasteiger partial charge in [0.1, 0.15) is 5.69 Å². The number of anilines is 1. The van der Waals surface area contributed by atoms with Crippen LogP contribution in [0, 0.1) is 0 Å². The van der Waals surface area contributed by atoms with Crippen molar-refractivity contribution in [2.75, 3.05) is 39.6 Å². The van der Waals surface area contributed by atoms with E-state index in [1.807, 2.05) is 67.5 Å². The minimum absolute atomic E-state index is 0.0682. The van der Waals surface area contributed by atoms with E-state index in [9.17, 15) is 4.79 Å². The van der Waals surface area contributed by atoms with Crippen LogP contribution in [0.3, 0.4) is 0 Å². The predicted octanol–water partition coefficient (Wildman–Crippen LogP) is 3.57. The molecule has 0 fully saturated rings. The van der Waals surface area contributed by atoms with E-state index in [2.05, 4.69) is 21.0 Å². The number of rotatable bonds is 5. The zero-order chi connectivity index (χ0) is 16.3. The van der Waals surface area contributed by atoms with E-state index in [0.717, 1.165) is 27.8 Å². The zero-order valence-corrected chi connectivity index (χ0v) is 14.1. The molecule has 0 saturated heterocycles. The van der Waals surface area contributed by atoms with Gasteiger partial charge in [-0.2, -0.15) is 0 Å². The van der Waals surface area contributed by atoms with E-state index >= 15 is 0 Å². The molecule has 0 aliphatic rings. The van der Waals surface area contributed by atoms with Crippen molar-refractivity contribution in [3.8, 4) is 0 Å². The lowest BCUT2D eigenvalue weighted by Crippen LogP contribution is -2.39. The first-order chi connectivity index (χ1) is 10.3. The van der Waals surface area contributed by atoms with E-state index < -0.39 is 0 Å². The second-order valence-corrected chi connectivity index (χ2v) is 6.32. The lowest BCUT2D eigenvalue weighted by molar-refractivity contribution is 0.103. The fourth-order valence-corrected chi connectivity index (χ4v) is 2.28. The van der Waals surface area contributed by atoms with E-state index in [4.69, 9.17) is 0 Å². The van der Waals surface area contributed by atoms with Crippen LogP contribution in [0.15, 0.2) is 48.5 Å². The van der Waals surface area contributed by atoms with E-state index in [1.54, 1.807) is 0 Å². The topological polar surface area (TPSA) is 20.3 Å². The lowest BCUT2D eigenvalue weighted by Gasteiger charge is -2.27. The molecule has 0 unspecified atom stereocenters. The summed E-state index contributed by atoms with van der Waals surface area (Å²) in [6.45, 7) is 3.17. The van der Waals surface area contributed by atoms with Crippen LogP contribution < -0.4 is 9.38 Å². The lowest BCUT2D eigenvalue weighted by atomic mass is 10.0. The first-order valence-corrected chi connectivity index (χ1v) is 7.61. The predicted molar refractivity (Wildman–Crippen MR) is 94.8 cm³/mol. The van der Waals surface area contributed by atoms with Crippen LogP contribution in [0.4, 0.5) is 11.4 Å². The van der Waals surface area contributed by atoms with Gasteiger partial charge in [-0.05, 0) is 55.5 Å². The molecule has 2 rings (SSSR count). The van der Waals surface area contributed by atoms with E-state index in [-0.39, 0.29) is 5.78 Å². The summed E-state index contributed by atoms with van der Waals surface area (Å²) in [5, 5.41) is 0. The molecule has 0 aliphatic carbocycles. The quantitative estimate of drug-likeness (QED) is 0.621. The van der Waals surface area contributed by atoms with Gasteiger partial charge in [0, 0.05) is 30.9 Å². The highest BCUT2D eigenvalue weighted by atomic mass is 16.1. The number of carbonyl (C=O) groups is 1. The largest absolute Gasteiger partial charge is 0.378 e. The van der Waals surface area contributed by atoms with Gasteiger partial charge in [0.05, 0.1) is 20.6 Å². The Morgan fingerprint density at radius 1 is 0.909 bits per heavy atom. The Balaban J connectivity index is 2.23. The maximum atomic E-state index is 12.5. The minimum atomic E-state index is 0.0682. The Labute approximate surface area is 133 Å². The molecule has 3 heteroatoms. The van der Waals surface area contributed by atoms with Gasteiger partial charge < -0.3 is 4.90 Å². The Bertz CT molecular complexity index is 640. The first-order valence-electron chi connectivity index (χ1n) is 7.61. The highest BCUT2D eigenvalue weighted by molar-refractivity contribution is 6.09. The van der Waals surface area contributed by atoms with Crippen molar-refractivity contribution in [1.82, 2.24) is 4.48 Å². The van der Waals surface area contributed by atoms with Gasteiger partial charge in [0.15, 0.2) is 5.78 Å². The van der Waals surface area contributed by atoms with Crippen molar-refractivity contribution in [3.05, 3.63) is 59.7 Å². The molecule has 2 aromatic carbocycles. The molecule has 0 N–H and O–H groups in total. The maximum absolute atomic E-state index is 12.5. The third kappa shape index (κ3) is 3.37. The second-order valence-electron chi connectivity index (χ2n) is 6.32. The van der Waals surface area contributed by atoms with E-state index in [1.165, 1.54) is 5.69 Å². The molecule has 2 aromatic rings. The van der Waals surface area contributed by atoms with Crippen molar-refractivity contribution in [3.63, 3.8) is 0 Å². The molecule has 0 bridgehead atoms. The number of ketones is 1. The standard InChI is InChI=1S/C19H25N2O/c1-6-21(4,5)18-13-9-16(10-14-18)19(22)15-7-11-17(12-8-15)20(2)3/h7-14H,6H2,1-5H3/q+1. The first kappa shape index (κ1) is 16.2. The SMILES string of the molecule is CC[N+](C)(C)c1ccc(C(=O)c2ccc(N(C)C)cc2)cc1. The molecule has 0 spiro atoms. The Hall–Kier alpha value is -2.13. The summed E-state index contributed by atoms with van der Waals surface area (Å²) in [5.41, 5.74) is 3.76. The molecular formula is C19H25N2O+. The van der Waals surface area contributed by atoms with Gasteiger partial charge in [-0.3, -0.25) is 9.28 Å². The summed E-state index contributed by atoms with van der Waals surface area (Å²) < 4.78 is 0.812. The van der Waals surface area contributed by atoms with Crippen LogP contribution in [-0.2, 0) is 0 Å². The minimum Gasteiger partial charge on any atom is -0.378 e. The Morgan fingerprint density at radius 3 is 1.77 bits per heavy atom. The average Bonchev–Trinajstić information content (AvgIpc) is 2.54. The van der Waals surface area contributed by atoms with Gasteiger partial charge in [0.2, 0.25) is 0 Å². The Kier molecular flexibility index (Phi) is 4.67. The highest BCUT2D eigenvalue weighted by Crippen LogP contribution is 2.21. The van der Waals surface area contributed by atoms with Gasteiger partial charge >= 0.3 is 0 Å². The fourth-order valence-electron chi connectivity index (χ4n) is 2.28. The van der Waals surface area contributed by atoms with Crippen LogP contribution in [0.1, 0.15) is 22.8 Å². The molecule has 3 nitrogen and oxygen atoms in total. The normalized spacial score (nSPS) is 11.3. The molecule has 116 valence electrons. The van der Waals surface area contributed by atoms with Crippen LogP contribution in [0.5, 0.6) is 0 Å². The van der Waals surface area contributed by atoms with Crippen LogP contribution in [0.2, 0.25) is 0 Å². The van der Waals surface area contributed by atoms with Crippen LogP contribution in [-0.4, -0.2) is 40.5 Å². The maximum Gasteiger partial charge on any atom is 0.193 e. The highest BCUT2D eigenvalue weighted by Gasteiger charge is 2.17. The molecule has 0 aromatic heterocycles. The molecular weight excluding hydrogens is 272 g/mol. The summed E-state index contributed by atoms with van der Waals surface area (Å²) >= 11 is 0. The number of quaternary nitrogens is 1. The average molecular weight is 297 g/mol. The van der Waals surface area contributed by atoms with Crippen molar-refractivity contribution in [2.24, 2.45) is 0 Å². The smallest absolute Gasteiger partial charge is 0.193 e. The van der Waals surface area contributed by atoms with Crippen molar-refractivity contribution >= 4 is 17.2 Å². The van der Waals surface area contributed by atoms with E-state index in [0.29, 0.717) is 0 Å². The van der Waals surface area contributed by atoms with Crippen molar-refractivity contribution in [2.45, 2.75) is 6.92 Å². The Morgan fingerprint density at radius 2 is 1.36 bits per heavy atom. The fraction of sp³-hybridized carbons (Fsp3) is 0.316. The third-order valence-corrected chi connectivity index (χ3v) is 4.26. The number of benzene rings is 2. The van der Waals surface area contributed by atoms with Crippen molar-refractivity contribution < 1.29 is 4.79 Å². The number of hydrogen-bond donors (Lipinski definition) is 0. The van der Waals surface area contributed by atoms with Gasteiger partial charge in [-0.25, -0.2) is 0 Å². The summed E-state index contributed by atoms with van der Waals surface area (Å²) in [6.07, 6.45) is 0. The summed E-state index contributed by atoms with van der Waals surface area (Å²) in [6, 6.07) is 15.7. The third-order valence-electron chi connectivity index (χ3n) is 4.26. The summed E-state index contributed by atoms with van der Waals surface area (Å²) in [7, 11) is 8.31. The monoisotopic (exact) mass is 297 g/mol. The molecule has 0 amide bonds. The van der Waals surface area contributed by atoms with Crippen LogP contribution in [0.25, 0.3) is 0 Å². The summed E-state index contributed by atoms with van der Waals surface area (Å²) in [4.78, 5) is 14.6. The molecule has 22 heavy (non-hydrogen) atoms. The molecule has 0 aliphatic heterocycles. The number of nitrogens with zero attached hydrogens (tertiary/aromatic N) is 2. The van der Waals surface area contributed by atoms with Gasteiger partial charge in [0.25, 0.3) is 0 Å². The van der Waals surface area contributed by atoms with Crippen LogP contribution >= 0.6 is 0 Å². The second kappa shape index (κ2) is 6.32. The molecule has 0 radical (unpaired) electrons. The summed E-state index contributed by atoms with van der Waals surface area (Å²) in [5.74, 6) is 0.0682. The molecule has 0 heterocycles.